The van der Waals surface area contributed by atoms with Crippen molar-refractivity contribution in [2.45, 2.75) is 19.4 Å². The van der Waals surface area contributed by atoms with Gasteiger partial charge < -0.3 is 11.1 Å². The summed E-state index contributed by atoms with van der Waals surface area (Å²) in [6.45, 7) is 4.36. The average Bonchev–Trinajstić information content (AvgIpc) is 1.77. The number of rotatable bonds is 0. The third-order valence-electron chi connectivity index (χ3n) is 1.89. The van der Waals surface area contributed by atoms with Crippen molar-refractivity contribution >= 4 is 24.8 Å². The third-order valence-corrected chi connectivity index (χ3v) is 1.89. The van der Waals surface area contributed by atoms with Crippen molar-refractivity contribution in [1.82, 2.24) is 5.32 Å². The maximum atomic E-state index is 5.72. The number of nitrogens with two attached hydrogens (primary N) is 1. The zero-order chi connectivity index (χ0) is 5.98. The third kappa shape index (κ3) is 3.62. The molecule has 0 amide bonds. The van der Waals surface area contributed by atoms with Gasteiger partial charge in [0.25, 0.3) is 0 Å². The number of hydrogen-bond acceptors (Lipinski definition) is 2. The minimum atomic E-state index is 0. The van der Waals surface area contributed by atoms with Crippen LogP contribution in [-0.4, -0.2) is 19.1 Å². The van der Waals surface area contributed by atoms with Gasteiger partial charge in [-0.1, -0.05) is 6.92 Å². The normalized spacial score (nSPS) is 31.8. The molecule has 0 aromatic heterocycles. The summed E-state index contributed by atoms with van der Waals surface area (Å²) in [6, 6.07) is 0.392. The van der Waals surface area contributed by atoms with Crippen LogP contribution in [0.5, 0.6) is 0 Å². The van der Waals surface area contributed by atoms with E-state index >= 15 is 0 Å². The molecule has 0 radical (unpaired) electrons. The summed E-state index contributed by atoms with van der Waals surface area (Å²) in [5, 5.41) is 3.24. The molecular formula is C6H16Cl2N2. The van der Waals surface area contributed by atoms with Gasteiger partial charge in [0.2, 0.25) is 0 Å². The second kappa shape index (κ2) is 6.23. The quantitative estimate of drug-likeness (QED) is 0.588. The lowest BCUT2D eigenvalue weighted by Crippen LogP contribution is -2.44. The van der Waals surface area contributed by atoms with Gasteiger partial charge >= 0.3 is 0 Å². The van der Waals surface area contributed by atoms with Crippen molar-refractivity contribution < 1.29 is 0 Å². The van der Waals surface area contributed by atoms with E-state index in [1.54, 1.807) is 0 Å². The van der Waals surface area contributed by atoms with Gasteiger partial charge in [-0.2, -0.15) is 0 Å². The fourth-order valence-electron chi connectivity index (χ4n) is 1.01. The lowest BCUT2D eigenvalue weighted by molar-refractivity contribution is 0.348. The molecule has 0 aliphatic carbocycles. The molecule has 10 heavy (non-hydrogen) atoms. The molecule has 2 nitrogen and oxygen atoms in total. The summed E-state index contributed by atoms with van der Waals surface area (Å²) in [4.78, 5) is 0. The fraction of sp³-hybridized carbons (Fsp3) is 1.00. The highest BCUT2D eigenvalue weighted by Gasteiger charge is 2.15. The van der Waals surface area contributed by atoms with Crippen molar-refractivity contribution in [3.8, 4) is 0 Å². The molecule has 0 unspecified atom stereocenters. The number of halogens is 2. The molecule has 0 spiro atoms. The largest absolute Gasteiger partial charge is 0.326 e. The van der Waals surface area contributed by atoms with Crippen LogP contribution >= 0.6 is 24.8 Å². The zero-order valence-corrected chi connectivity index (χ0v) is 7.80. The van der Waals surface area contributed by atoms with Crippen molar-refractivity contribution in [1.29, 1.82) is 0 Å². The first-order valence-electron chi connectivity index (χ1n) is 3.27. The van der Waals surface area contributed by atoms with Gasteiger partial charge in [-0.25, -0.2) is 0 Å². The Balaban J connectivity index is 0. The summed E-state index contributed by atoms with van der Waals surface area (Å²) in [7, 11) is 0. The van der Waals surface area contributed by atoms with Crippen LogP contribution < -0.4 is 11.1 Å². The topological polar surface area (TPSA) is 38.0 Å². The first-order chi connectivity index (χ1) is 3.80. The summed E-state index contributed by atoms with van der Waals surface area (Å²) < 4.78 is 0. The molecule has 1 aliphatic heterocycles. The van der Waals surface area contributed by atoms with E-state index in [0.29, 0.717) is 6.04 Å². The van der Waals surface area contributed by atoms with Crippen LogP contribution in [0.4, 0.5) is 0 Å². The van der Waals surface area contributed by atoms with E-state index in [4.69, 9.17) is 5.73 Å². The van der Waals surface area contributed by atoms with Crippen molar-refractivity contribution in [2.75, 3.05) is 13.1 Å². The molecule has 64 valence electrons. The molecule has 2 atom stereocenters. The predicted molar refractivity (Wildman–Crippen MR) is 49.1 cm³/mol. The second-order valence-electron chi connectivity index (χ2n) is 2.63. The first kappa shape index (κ1) is 13.1. The molecule has 0 aromatic rings. The van der Waals surface area contributed by atoms with E-state index in [0.717, 1.165) is 19.0 Å². The lowest BCUT2D eigenvalue weighted by Gasteiger charge is -2.25. The molecule has 4 heteroatoms. The monoisotopic (exact) mass is 186 g/mol. The van der Waals surface area contributed by atoms with Gasteiger partial charge in [0.1, 0.15) is 0 Å². The highest BCUT2D eigenvalue weighted by molar-refractivity contribution is 5.85. The number of piperidine rings is 1. The van der Waals surface area contributed by atoms with Gasteiger partial charge in [-0.3, -0.25) is 0 Å². The Morgan fingerprint density at radius 2 is 2.00 bits per heavy atom. The maximum Gasteiger partial charge on any atom is 0.0191 e. The SMILES string of the molecule is C[C@@H]1CCNC[C@H]1N.Cl.Cl. The Morgan fingerprint density at radius 1 is 1.40 bits per heavy atom. The minimum Gasteiger partial charge on any atom is -0.326 e. The van der Waals surface area contributed by atoms with Gasteiger partial charge in [0.15, 0.2) is 0 Å². The molecule has 1 fully saturated rings. The zero-order valence-electron chi connectivity index (χ0n) is 6.17. The smallest absolute Gasteiger partial charge is 0.0191 e. The Bertz CT molecular complexity index is 70.1. The van der Waals surface area contributed by atoms with Gasteiger partial charge in [0.05, 0.1) is 0 Å². The van der Waals surface area contributed by atoms with E-state index in [1.165, 1.54) is 6.42 Å². The van der Waals surface area contributed by atoms with Crippen molar-refractivity contribution in [3.63, 3.8) is 0 Å². The molecule has 3 N–H and O–H groups in total. The summed E-state index contributed by atoms with van der Waals surface area (Å²) in [5.74, 6) is 0.719. The Kier molecular flexibility index (Phi) is 8.17. The summed E-state index contributed by atoms with van der Waals surface area (Å²) in [6.07, 6.45) is 1.24. The number of hydrogen-bond donors (Lipinski definition) is 2. The van der Waals surface area contributed by atoms with Crippen LogP contribution in [0.15, 0.2) is 0 Å². The van der Waals surface area contributed by atoms with Crippen molar-refractivity contribution in [2.24, 2.45) is 11.7 Å². The summed E-state index contributed by atoms with van der Waals surface area (Å²) in [5.41, 5.74) is 5.72. The predicted octanol–water partition coefficient (Wildman–Crippen LogP) is 0.787. The van der Waals surface area contributed by atoms with E-state index in [-0.39, 0.29) is 24.8 Å². The van der Waals surface area contributed by atoms with Crippen LogP contribution in [-0.2, 0) is 0 Å². The van der Waals surface area contributed by atoms with Gasteiger partial charge in [0, 0.05) is 12.6 Å². The maximum absolute atomic E-state index is 5.72. The Morgan fingerprint density at radius 3 is 2.30 bits per heavy atom. The molecule has 1 rings (SSSR count). The fourth-order valence-corrected chi connectivity index (χ4v) is 1.01. The van der Waals surface area contributed by atoms with Gasteiger partial charge in [-0.05, 0) is 18.9 Å². The standard InChI is InChI=1S/C6H14N2.2ClH/c1-5-2-3-8-4-6(5)7;;/h5-6,8H,2-4,7H2,1H3;2*1H/t5-,6-;;/m1../s1. The second-order valence-corrected chi connectivity index (χ2v) is 2.63. The number of nitrogens with one attached hydrogen (secondary N) is 1. The highest BCUT2D eigenvalue weighted by atomic mass is 35.5. The Labute approximate surface area is 74.8 Å². The minimum absolute atomic E-state index is 0. The van der Waals surface area contributed by atoms with Crippen LogP contribution in [0.1, 0.15) is 13.3 Å². The van der Waals surface area contributed by atoms with Gasteiger partial charge in [-0.15, -0.1) is 24.8 Å². The van der Waals surface area contributed by atoms with E-state index < -0.39 is 0 Å². The molecule has 0 saturated carbocycles. The molecule has 0 aromatic carbocycles. The van der Waals surface area contributed by atoms with Crippen LogP contribution in [0.25, 0.3) is 0 Å². The van der Waals surface area contributed by atoms with Crippen molar-refractivity contribution in [3.05, 3.63) is 0 Å². The van der Waals surface area contributed by atoms with E-state index in [1.807, 2.05) is 0 Å². The first-order valence-corrected chi connectivity index (χ1v) is 3.27. The average molecular weight is 187 g/mol. The summed E-state index contributed by atoms with van der Waals surface area (Å²) >= 11 is 0. The molecule has 1 saturated heterocycles. The Hall–Kier alpha value is 0.500. The van der Waals surface area contributed by atoms with Crippen LogP contribution in [0.2, 0.25) is 0 Å². The molecular weight excluding hydrogens is 171 g/mol. The van der Waals surface area contributed by atoms with Crippen LogP contribution in [0, 0.1) is 5.92 Å². The van der Waals surface area contributed by atoms with E-state index in [2.05, 4.69) is 12.2 Å². The molecule has 1 heterocycles. The molecule has 1 aliphatic rings. The van der Waals surface area contributed by atoms with E-state index in [9.17, 15) is 0 Å². The highest BCUT2D eigenvalue weighted by Crippen LogP contribution is 2.07. The van der Waals surface area contributed by atoms with Crippen LogP contribution in [0.3, 0.4) is 0 Å². The lowest BCUT2D eigenvalue weighted by atomic mass is 9.96. The molecule has 0 bridgehead atoms.